The molecule has 1 fully saturated rings. The van der Waals surface area contributed by atoms with Crippen LogP contribution in [-0.2, 0) is 13.0 Å². The van der Waals surface area contributed by atoms with Crippen LogP contribution in [0.3, 0.4) is 0 Å². The highest BCUT2D eigenvalue weighted by molar-refractivity contribution is 5.81. The molecule has 1 saturated heterocycles. The average Bonchev–Trinajstić information content (AvgIpc) is 3.53. The van der Waals surface area contributed by atoms with E-state index in [0.717, 1.165) is 78.6 Å². The van der Waals surface area contributed by atoms with Crippen LogP contribution < -0.4 is 15.4 Å². The van der Waals surface area contributed by atoms with Crippen LogP contribution in [0.5, 0.6) is 5.75 Å². The molecule has 0 saturated carbocycles. The van der Waals surface area contributed by atoms with Crippen LogP contribution in [0.4, 0.5) is 11.6 Å². The molecular weight excluding hydrogens is 440 g/mol. The van der Waals surface area contributed by atoms with Gasteiger partial charge in [0, 0.05) is 24.7 Å². The molecule has 180 valence electrons. The minimum absolute atomic E-state index is 0.227. The standard InChI is InChI=1S/C26H30N8O/c1-16-29-25(21-5-4-9-27-21)34(32-16)20-7-6-18-14-28-26(30-22(18)13-20)31-23-11-19-15-33(2)10-8-17(19)12-24(23)35-3/h6-7,11-14,21,27H,4-5,8-10,15H2,1-3H3,(H,28,30,31)/t21-/m1/s1. The molecule has 2 N–H and O–H groups in total. The molecule has 0 aliphatic carbocycles. The Labute approximate surface area is 204 Å². The molecule has 35 heavy (non-hydrogen) atoms. The molecule has 0 spiro atoms. The number of aryl methyl sites for hydroxylation is 1. The van der Waals surface area contributed by atoms with Crippen molar-refractivity contribution < 1.29 is 4.74 Å². The van der Waals surface area contributed by atoms with E-state index in [2.05, 4.69) is 44.8 Å². The quantitative estimate of drug-likeness (QED) is 0.456. The van der Waals surface area contributed by atoms with Crippen molar-refractivity contribution >= 4 is 22.5 Å². The van der Waals surface area contributed by atoms with Gasteiger partial charge in [0.25, 0.3) is 0 Å². The first-order valence-electron chi connectivity index (χ1n) is 12.2. The molecule has 4 heterocycles. The second kappa shape index (κ2) is 8.90. The third-order valence-electron chi connectivity index (χ3n) is 6.89. The lowest BCUT2D eigenvalue weighted by atomic mass is 9.99. The third kappa shape index (κ3) is 4.21. The van der Waals surface area contributed by atoms with E-state index >= 15 is 0 Å². The van der Waals surface area contributed by atoms with Gasteiger partial charge in [0.2, 0.25) is 5.95 Å². The maximum atomic E-state index is 5.68. The summed E-state index contributed by atoms with van der Waals surface area (Å²) >= 11 is 0. The summed E-state index contributed by atoms with van der Waals surface area (Å²) in [7, 11) is 3.85. The van der Waals surface area contributed by atoms with Crippen molar-refractivity contribution in [2.75, 3.05) is 32.6 Å². The number of anilines is 2. The van der Waals surface area contributed by atoms with E-state index in [1.807, 2.05) is 36.0 Å². The van der Waals surface area contributed by atoms with E-state index in [0.29, 0.717) is 5.95 Å². The summed E-state index contributed by atoms with van der Waals surface area (Å²) in [5.41, 5.74) is 5.31. The number of methoxy groups -OCH3 is 1. The topological polar surface area (TPSA) is 93.0 Å². The van der Waals surface area contributed by atoms with Gasteiger partial charge in [-0.25, -0.2) is 19.6 Å². The molecule has 2 aromatic heterocycles. The van der Waals surface area contributed by atoms with Crippen molar-refractivity contribution in [3.05, 3.63) is 59.3 Å². The van der Waals surface area contributed by atoms with Gasteiger partial charge in [-0.3, -0.25) is 0 Å². The van der Waals surface area contributed by atoms with Gasteiger partial charge >= 0.3 is 0 Å². The van der Waals surface area contributed by atoms with E-state index in [1.165, 1.54) is 11.1 Å². The van der Waals surface area contributed by atoms with Crippen LogP contribution in [0.15, 0.2) is 36.5 Å². The zero-order valence-electron chi connectivity index (χ0n) is 20.4. The predicted octanol–water partition coefficient (Wildman–Crippen LogP) is 3.68. The molecule has 1 atom stereocenters. The van der Waals surface area contributed by atoms with Gasteiger partial charge in [-0.2, -0.15) is 5.10 Å². The van der Waals surface area contributed by atoms with Crippen LogP contribution in [0, 0.1) is 6.92 Å². The Morgan fingerprint density at radius 1 is 1.14 bits per heavy atom. The molecule has 0 unspecified atom stereocenters. The molecule has 9 heteroatoms. The molecular formula is C26H30N8O. The fraction of sp³-hybridized carbons (Fsp3) is 0.385. The number of nitrogens with zero attached hydrogens (tertiary/aromatic N) is 6. The largest absolute Gasteiger partial charge is 0.495 e. The molecule has 4 aromatic rings. The SMILES string of the molecule is COc1cc2c(cc1Nc1ncc3ccc(-n4nc(C)nc4[C@H]4CCCN4)cc3n1)CN(C)CC2. The number of ether oxygens (including phenoxy) is 1. The number of hydrogen-bond acceptors (Lipinski definition) is 8. The van der Waals surface area contributed by atoms with Crippen LogP contribution >= 0.6 is 0 Å². The first-order chi connectivity index (χ1) is 17.1. The van der Waals surface area contributed by atoms with Gasteiger partial charge in [0.15, 0.2) is 0 Å². The fourth-order valence-corrected chi connectivity index (χ4v) is 5.07. The van der Waals surface area contributed by atoms with Crippen molar-refractivity contribution in [1.29, 1.82) is 0 Å². The second-order valence-electron chi connectivity index (χ2n) is 9.45. The van der Waals surface area contributed by atoms with Crippen LogP contribution in [0.25, 0.3) is 16.6 Å². The normalized spacial score (nSPS) is 18.1. The van der Waals surface area contributed by atoms with Crippen molar-refractivity contribution in [3.8, 4) is 11.4 Å². The Morgan fingerprint density at radius 2 is 2.06 bits per heavy atom. The van der Waals surface area contributed by atoms with Gasteiger partial charge in [0.05, 0.1) is 30.0 Å². The van der Waals surface area contributed by atoms with E-state index in [4.69, 9.17) is 14.7 Å². The van der Waals surface area contributed by atoms with Gasteiger partial charge in [-0.15, -0.1) is 0 Å². The summed E-state index contributed by atoms with van der Waals surface area (Å²) in [6.07, 6.45) is 5.09. The first kappa shape index (κ1) is 21.9. The van der Waals surface area contributed by atoms with Crippen LogP contribution in [0.2, 0.25) is 0 Å². The molecule has 2 aliphatic rings. The van der Waals surface area contributed by atoms with Gasteiger partial charge < -0.3 is 20.3 Å². The van der Waals surface area contributed by atoms with Gasteiger partial charge in [0.1, 0.15) is 17.4 Å². The lowest BCUT2D eigenvalue weighted by molar-refractivity contribution is 0.312. The Morgan fingerprint density at radius 3 is 2.89 bits per heavy atom. The van der Waals surface area contributed by atoms with Crippen molar-refractivity contribution in [1.82, 2.24) is 34.9 Å². The predicted molar refractivity (Wildman–Crippen MR) is 135 cm³/mol. The average molecular weight is 471 g/mol. The Kier molecular flexibility index (Phi) is 5.58. The van der Waals surface area contributed by atoms with Gasteiger partial charge in [-0.05, 0) is 81.2 Å². The summed E-state index contributed by atoms with van der Waals surface area (Å²) in [6, 6.07) is 10.7. The molecule has 0 bridgehead atoms. The van der Waals surface area contributed by atoms with E-state index in [9.17, 15) is 0 Å². The number of aromatic nitrogens is 5. The summed E-state index contributed by atoms with van der Waals surface area (Å²) in [5.74, 6) is 3.06. The lowest BCUT2D eigenvalue weighted by Gasteiger charge is -2.26. The molecule has 9 nitrogen and oxygen atoms in total. The minimum Gasteiger partial charge on any atom is -0.495 e. The molecule has 0 radical (unpaired) electrons. The fourth-order valence-electron chi connectivity index (χ4n) is 5.07. The number of likely N-dealkylation sites (N-methyl/N-ethyl adjacent to an activating group) is 1. The highest BCUT2D eigenvalue weighted by Gasteiger charge is 2.23. The summed E-state index contributed by atoms with van der Waals surface area (Å²) in [6.45, 7) is 4.93. The zero-order valence-corrected chi connectivity index (χ0v) is 20.4. The first-order valence-corrected chi connectivity index (χ1v) is 12.2. The highest BCUT2D eigenvalue weighted by Crippen LogP contribution is 2.33. The zero-order chi connectivity index (χ0) is 23.9. The number of hydrogen-bond donors (Lipinski definition) is 2. The van der Waals surface area contributed by atoms with Gasteiger partial charge in [-0.1, -0.05) is 0 Å². The van der Waals surface area contributed by atoms with E-state index < -0.39 is 0 Å². The number of rotatable bonds is 5. The number of fused-ring (bicyclic) bond motifs is 2. The molecule has 6 rings (SSSR count). The number of benzene rings is 2. The summed E-state index contributed by atoms with van der Waals surface area (Å²) < 4.78 is 7.62. The van der Waals surface area contributed by atoms with Crippen molar-refractivity contribution in [3.63, 3.8) is 0 Å². The second-order valence-corrected chi connectivity index (χ2v) is 9.45. The molecule has 2 aromatic carbocycles. The van der Waals surface area contributed by atoms with Crippen LogP contribution in [0.1, 0.15) is 41.7 Å². The van der Waals surface area contributed by atoms with Crippen molar-refractivity contribution in [2.45, 2.75) is 38.8 Å². The summed E-state index contributed by atoms with van der Waals surface area (Å²) in [5, 5.41) is 12.6. The van der Waals surface area contributed by atoms with E-state index in [-0.39, 0.29) is 6.04 Å². The highest BCUT2D eigenvalue weighted by atomic mass is 16.5. The molecule has 0 amide bonds. The Hall–Kier alpha value is -3.56. The lowest BCUT2D eigenvalue weighted by Crippen LogP contribution is -2.26. The smallest absolute Gasteiger partial charge is 0.227 e. The monoisotopic (exact) mass is 470 g/mol. The summed E-state index contributed by atoms with van der Waals surface area (Å²) in [4.78, 5) is 16.4. The maximum absolute atomic E-state index is 5.68. The Balaban J connectivity index is 1.34. The Bertz CT molecular complexity index is 1390. The van der Waals surface area contributed by atoms with Crippen LogP contribution in [-0.4, -0.2) is 56.9 Å². The maximum Gasteiger partial charge on any atom is 0.227 e. The van der Waals surface area contributed by atoms with E-state index in [1.54, 1.807) is 7.11 Å². The molecule has 2 aliphatic heterocycles. The van der Waals surface area contributed by atoms with Crippen molar-refractivity contribution in [2.24, 2.45) is 0 Å². The third-order valence-corrected chi connectivity index (χ3v) is 6.89. The number of nitrogens with one attached hydrogen (secondary N) is 2. The minimum atomic E-state index is 0.227.